The number of thiophene rings is 1. The average Bonchev–Trinajstić information content (AvgIpc) is 3.27. The van der Waals surface area contributed by atoms with Crippen molar-refractivity contribution >= 4 is 34.4 Å². The molecule has 160 valence electrons. The Morgan fingerprint density at radius 2 is 1.90 bits per heavy atom. The van der Waals surface area contributed by atoms with Crippen LogP contribution in [-0.4, -0.2) is 36.0 Å². The molecular formula is C21H21F3N2O3S. The Labute approximate surface area is 176 Å². The smallest absolute Gasteiger partial charge is 0.379 e. The second-order valence-corrected chi connectivity index (χ2v) is 7.91. The Hall–Kier alpha value is -2.65. The van der Waals surface area contributed by atoms with E-state index < -0.39 is 23.6 Å². The molecule has 0 atom stereocenters. The third kappa shape index (κ3) is 4.91. The predicted molar refractivity (Wildman–Crippen MR) is 109 cm³/mol. The van der Waals surface area contributed by atoms with Crippen molar-refractivity contribution in [3.8, 4) is 0 Å². The van der Waals surface area contributed by atoms with E-state index in [0.717, 1.165) is 17.0 Å². The Bertz CT molecular complexity index is 953. The second-order valence-electron chi connectivity index (χ2n) is 6.97. The van der Waals surface area contributed by atoms with Crippen molar-refractivity contribution in [1.82, 2.24) is 4.90 Å². The van der Waals surface area contributed by atoms with E-state index in [4.69, 9.17) is 4.74 Å². The summed E-state index contributed by atoms with van der Waals surface area (Å²) in [5.41, 5.74) is -0.617. The highest BCUT2D eigenvalue weighted by Gasteiger charge is 2.39. The Balaban J connectivity index is 1.87. The van der Waals surface area contributed by atoms with Crippen molar-refractivity contribution in [2.45, 2.75) is 32.5 Å². The molecule has 0 radical (unpaired) electrons. The third-order valence-electron chi connectivity index (χ3n) is 4.37. The number of imide groups is 1. The molecule has 5 nitrogen and oxygen atoms in total. The minimum absolute atomic E-state index is 0.0217. The first-order chi connectivity index (χ1) is 14.2. The van der Waals surface area contributed by atoms with E-state index in [-0.39, 0.29) is 29.6 Å². The van der Waals surface area contributed by atoms with Crippen LogP contribution in [0.1, 0.15) is 30.7 Å². The van der Waals surface area contributed by atoms with Gasteiger partial charge in [-0.2, -0.15) is 13.2 Å². The summed E-state index contributed by atoms with van der Waals surface area (Å²) in [4.78, 5) is 27.6. The highest BCUT2D eigenvalue weighted by molar-refractivity contribution is 7.11. The number of anilines is 1. The van der Waals surface area contributed by atoms with Gasteiger partial charge in [-0.15, -0.1) is 11.3 Å². The van der Waals surface area contributed by atoms with Crippen molar-refractivity contribution in [2.24, 2.45) is 0 Å². The Morgan fingerprint density at radius 1 is 1.13 bits per heavy atom. The highest BCUT2D eigenvalue weighted by atomic mass is 32.1. The molecule has 0 bridgehead atoms. The summed E-state index contributed by atoms with van der Waals surface area (Å²) in [7, 11) is 0. The number of rotatable bonds is 8. The fourth-order valence-electron chi connectivity index (χ4n) is 3.00. The quantitative estimate of drug-likeness (QED) is 0.476. The van der Waals surface area contributed by atoms with Crippen LogP contribution in [0.2, 0.25) is 0 Å². The third-order valence-corrected chi connectivity index (χ3v) is 5.26. The topological polar surface area (TPSA) is 58.6 Å². The first kappa shape index (κ1) is 22.0. The summed E-state index contributed by atoms with van der Waals surface area (Å²) >= 11 is 1.28. The lowest BCUT2D eigenvalue weighted by molar-refractivity contribution is -0.138. The van der Waals surface area contributed by atoms with E-state index in [1.54, 1.807) is 17.5 Å². The number of hydrogen-bond acceptors (Lipinski definition) is 5. The van der Waals surface area contributed by atoms with E-state index in [1.165, 1.54) is 23.5 Å². The number of carbonyl (C=O) groups is 2. The number of amides is 2. The molecule has 1 aliphatic rings. The van der Waals surface area contributed by atoms with Gasteiger partial charge in [0.05, 0.1) is 17.2 Å². The first-order valence-corrected chi connectivity index (χ1v) is 10.3. The summed E-state index contributed by atoms with van der Waals surface area (Å²) in [6, 6.07) is 7.97. The van der Waals surface area contributed by atoms with E-state index in [2.05, 4.69) is 5.32 Å². The second kappa shape index (κ2) is 9.01. The summed E-state index contributed by atoms with van der Waals surface area (Å²) in [5.74, 6) is -1.04. The van der Waals surface area contributed by atoms with Crippen molar-refractivity contribution in [3.05, 3.63) is 57.9 Å². The van der Waals surface area contributed by atoms with Gasteiger partial charge in [0.25, 0.3) is 11.8 Å². The van der Waals surface area contributed by atoms with E-state index in [9.17, 15) is 22.8 Å². The summed E-state index contributed by atoms with van der Waals surface area (Å²) in [6.07, 6.45) is -4.02. The van der Waals surface area contributed by atoms with Crippen molar-refractivity contribution < 1.29 is 27.5 Å². The number of carbonyl (C=O) groups excluding carboxylic acids is 2. The van der Waals surface area contributed by atoms with Gasteiger partial charge in [0.15, 0.2) is 0 Å². The maximum absolute atomic E-state index is 13.0. The van der Waals surface area contributed by atoms with Gasteiger partial charge in [0, 0.05) is 23.7 Å². The largest absolute Gasteiger partial charge is 0.416 e. The van der Waals surface area contributed by atoms with Crippen molar-refractivity contribution in [1.29, 1.82) is 0 Å². The molecule has 0 spiro atoms. The molecule has 1 aromatic heterocycles. The molecule has 0 saturated carbocycles. The molecule has 1 aromatic carbocycles. The molecule has 3 rings (SSSR count). The molecule has 30 heavy (non-hydrogen) atoms. The lowest BCUT2D eigenvalue weighted by Crippen LogP contribution is -2.34. The van der Waals surface area contributed by atoms with E-state index in [0.29, 0.717) is 17.9 Å². The molecule has 1 aliphatic heterocycles. The fraction of sp³-hybridized carbons (Fsp3) is 0.333. The van der Waals surface area contributed by atoms with Crippen LogP contribution >= 0.6 is 11.3 Å². The van der Waals surface area contributed by atoms with Crippen LogP contribution in [-0.2, 0) is 20.5 Å². The zero-order chi connectivity index (χ0) is 21.9. The van der Waals surface area contributed by atoms with Crippen LogP contribution in [0.25, 0.3) is 5.57 Å². The molecule has 2 amide bonds. The number of benzene rings is 1. The Morgan fingerprint density at radius 3 is 2.53 bits per heavy atom. The average molecular weight is 438 g/mol. The lowest BCUT2D eigenvalue weighted by atomic mass is 10.1. The van der Waals surface area contributed by atoms with Gasteiger partial charge in [-0.05, 0) is 49.9 Å². The van der Waals surface area contributed by atoms with Gasteiger partial charge in [-0.3, -0.25) is 14.5 Å². The van der Waals surface area contributed by atoms with Crippen LogP contribution in [0, 0.1) is 0 Å². The van der Waals surface area contributed by atoms with Crippen LogP contribution in [0.15, 0.2) is 47.5 Å². The van der Waals surface area contributed by atoms with Crippen LogP contribution in [0.5, 0.6) is 0 Å². The van der Waals surface area contributed by atoms with Gasteiger partial charge in [0.2, 0.25) is 0 Å². The number of nitrogens with one attached hydrogen (secondary N) is 1. The lowest BCUT2D eigenvalue weighted by Gasteiger charge is -2.16. The normalized spacial score (nSPS) is 14.9. The van der Waals surface area contributed by atoms with E-state index in [1.807, 2.05) is 13.8 Å². The highest BCUT2D eigenvalue weighted by Crippen LogP contribution is 2.35. The SMILES string of the molecule is CC(C)OCCCN1C(=O)C(Nc2cccc(C(F)(F)F)c2)=C(c2cccs2)C1=O. The predicted octanol–water partition coefficient (Wildman–Crippen LogP) is 4.77. The Kier molecular flexibility index (Phi) is 6.62. The zero-order valence-electron chi connectivity index (χ0n) is 16.5. The summed E-state index contributed by atoms with van der Waals surface area (Å²) in [5, 5.41) is 4.52. The minimum Gasteiger partial charge on any atom is -0.379 e. The van der Waals surface area contributed by atoms with Crippen LogP contribution in [0.4, 0.5) is 18.9 Å². The van der Waals surface area contributed by atoms with Gasteiger partial charge in [-0.25, -0.2) is 0 Å². The molecule has 9 heteroatoms. The van der Waals surface area contributed by atoms with Gasteiger partial charge in [0.1, 0.15) is 5.70 Å². The molecule has 0 saturated heterocycles. The molecule has 1 N–H and O–H groups in total. The van der Waals surface area contributed by atoms with Crippen LogP contribution < -0.4 is 5.32 Å². The number of hydrogen-bond donors (Lipinski definition) is 1. The van der Waals surface area contributed by atoms with Gasteiger partial charge >= 0.3 is 6.18 Å². The number of halogens is 3. The van der Waals surface area contributed by atoms with Crippen molar-refractivity contribution in [2.75, 3.05) is 18.5 Å². The summed E-state index contributed by atoms with van der Waals surface area (Å²) < 4.78 is 44.6. The number of ether oxygens (including phenoxy) is 1. The minimum atomic E-state index is -4.51. The zero-order valence-corrected chi connectivity index (χ0v) is 17.3. The molecular weight excluding hydrogens is 417 g/mol. The van der Waals surface area contributed by atoms with Crippen LogP contribution in [0.3, 0.4) is 0 Å². The molecule has 2 heterocycles. The number of nitrogens with zero attached hydrogens (tertiary/aromatic N) is 1. The molecule has 0 aliphatic carbocycles. The molecule has 0 unspecified atom stereocenters. The van der Waals surface area contributed by atoms with E-state index >= 15 is 0 Å². The van der Waals surface area contributed by atoms with Gasteiger partial charge in [-0.1, -0.05) is 12.1 Å². The summed E-state index contributed by atoms with van der Waals surface area (Å²) in [6.45, 7) is 4.33. The standard InChI is InChI=1S/C21H21F3N2O3S/c1-13(2)29-10-5-9-26-19(27)17(16-8-4-11-30-16)18(20(26)28)25-15-7-3-6-14(12-15)21(22,23)24/h3-4,6-8,11-13,25H,5,9-10H2,1-2H3. The maximum atomic E-state index is 13.0. The fourth-order valence-corrected chi connectivity index (χ4v) is 3.77. The maximum Gasteiger partial charge on any atom is 0.416 e. The number of alkyl halides is 3. The molecule has 2 aromatic rings. The first-order valence-electron chi connectivity index (χ1n) is 9.38. The molecule has 0 fully saturated rings. The monoisotopic (exact) mass is 438 g/mol. The van der Waals surface area contributed by atoms with Gasteiger partial charge < -0.3 is 10.1 Å². The van der Waals surface area contributed by atoms with Crippen molar-refractivity contribution in [3.63, 3.8) is 0 Å².